The maximum atomic E-state index is 12.0. The quantitative estimate of drug-likeness (QED) is 0.688. The number of thioether (sulfide) groups is 1. The van der Waals surface area contributed by atoms with Crippen molar-refractivity contribution in [2.75, 3.05) is 11.6 Å². The van der Waals surface area contributed by atoms with Gasteiger partial charge in [-0.3, -0.25) is 5.32 Å². The molecule has 5 nitrogen and oxygen atoms in total. The molecule has 3 aromatic rings. The third-order valence-electron chi connectivity index (χ3n) is 3.39. The molecule has 0 spiro atoms. The molecule has 3 rings (SSSR count). The molecule has 1 atom stereocenters. The Morgan fingerprint density at radius 1 is 1.26 bits per heavy atom. The summed E-state index contributed by atoms with van der Waals surface area (Å²) < 4.78 is 5.39. The number of ether oxygens (including phenoxy) is 1. The van der Waals surface area contributed by atoms with Crippen LogP contribution in [0.4, 0.5) is 10.5 Å². The zero-order valence-electron chi connectivity index (χ0n) is 12.9. The lowest BCUT2D eigenvalue weighted by molar-refractivity contribution is 0.117. The van der Waals surface area contributed by atoms with E-state index in [0.29, 0.717) is 11.5 Å². The summed E-state index contributed by atoms with van der Waals surface area (Å²) in [6.45, 7) is 1.79. The van der Waals surface area contributed by atoms with Gasteiger partial charge in [0, 0.05) is 10.6 Å². The van der Waals surface area contributed by atoms with Crippen molar-refractivity contribution in [3.05, 3.63) is 54.4 Å². The number of carbonyl (C=O) groups is 1. The molecule has 0 bridgehead atoms. The number of aromatic nitrogens is 2. The molecule has 118 valence electrons. The van der Waals surface area contributed by atoms with Crippen LogP contribution in [-0.2, 0) is 4.74 Å². The number of H-pyrrole nitrogens is 1. The number of aromatic amines is 1. The smallest absolute Gasteiger partial charge is 0.412 e. The van der Waals surface area contributed by atoms with E-state index in [0.717, 1.165) is 15.9 Å². The lowest BCUT2D eigenvalue weighted by Gasteiger charge is -2.12. The molecule has 1 amide bonds. The largest absolute Gasteiger partial charge is 0.438 e. The van der Waals surface area contributed by atoms with Gasteiger partial charge < -0.3 is 9.72 Å². The highest BCUT2D eigenvalue weighted by atomic mass is 32.2. The number of nitrogens with one attached hydrogen (secondary N) is 2. The summed E-state index contributed by atoms with van der Waals surface area (Å²) in [5.74, 6) is 0.624. The van der Waals surface area contributed by atoms with Crippen LogP contribution in [0.3, 0.4) is 0 Å². The normalized spacial score (nSPS) is 12.1. The second-order valence-corrected chi connectivity index (χ2v) is 5.92. The number of carbonyl (C=O) groups excluding carboxylic acids is 1. The fourth-order valence-electron chi connectivity index (χ4n) is 2.23. The van der Waals surface area contributed by atoms with E-state index in [4.69, 9.17) is 4.74 Å². The van der Waals surface area contributed by atoms with Crippen LogP contribution in [-0.4, -0.2) is 22.3 Å². The molecule has 2 aromatic carbocycles. The van der Waals surface area contributed by atoms with Crippen LogP contribution in [0.1, 0.15) is 18.9 Å². The van der Waals surface area contributed by atoms with Crippen molar-refractivity contribution < 1.29 is 9.53 Å². The average molecular weight is 327 g/mol. The second-order valence-electron chi connectivity index (χ2n) is 5.04. The topological polar surface area (TPSA) is 67.0 Å². The number of hydrogen-bond acceptors (Lipinski definition) is 4. The minimum Gasteiger partial charge on any atom is -0.438 e. The first kappa shape index (κ1) is 15.4. The van der Waals surface area contributed by atoms with E-state index >= 15 is 0 Å². The van der Waals surface area contributed by atoms with Crippen molar-refractivity contribution in [3.8, 4) is 0 Å². The van der Waals surface area contributed by atoms with Gasteiger partial charge in [-0.1, -0.05) is 18.2 Å². The number of hydrogen-bond donors (Lipinski definition) is 2. The highest BCUT2D eigenvalue weighted by Gasteiger charge is 2.15. The van der Waals surface area contributed by atoms with Gasteiger partial charge in [0.2, 0.25) is 0 Å². The predicted molar refractivity (Wildman–Crippen MR) is 92.8 cm³/mol. The Morgan fingerprint density at radius 3 is 2.87 bits per heavy atom. The molecule has 1 heterocycles. The Morgan fingerprint density at radius 2 is 2.09 bits per heavy atom. The molecule has 6 heteroatoms. The summed E-state index contributed by atoms with van der Waals surface area (Å²) in [6, 6.07) is 15.3. The molecule has 0 aliphatic rings. The number of amides is 1. The summed E-state index contributed by atoms with van der Waals surface area (Å²) in [6.07, 6.45) is 1.02. The van der Waals surface area contributed by atoms with Crippen LogP contribution in [0.25, 0.3) is 11.0 Å². The van der Waals surface area contributed by atoms with Gasteiger partial charge in [-0.15, -0.1) is 11.8 Å². The van der Waals surface area contributed by atoms with E-state index in [1.807, 2.05) is 54.8 Å². The van der Waals surface area contributed by atoms with E-state index in [1.54, 1.807) is 18.7 Å². The standard InChI is InChI=1S/C17H17N3O2S/c1-11(16-19-14-8-3-4-9-15(14)20-16)22-17(21)18-12-6-5-7-13(10-12)23-2/h3-11H,1-2H3,(H,18,21)(H,19,20). The molecular weight excluding hydrogens is 310 g/mol. The van der Waals surface area contributed by atoms with E-state index in [1.165, 1.54) is 0 Å². The van der Waals surface area contributed by atoms with Gasteiger partial charge in [-0.25, -0.2) is 9.78 Å². The van der Waals surface area contributed by atoms with Crippen LogP contribution in [0.15, 0.2) is 53.4 Å². The molecule has 0 fully saturated rings. The van der Waals surface area contributed by atoms with Crippen molar-refractivity contribution in [2.24, 2.45) is 0 Å². The molecule has 0 aliphatic heterocycles. The van der Waals surface area contributed by atoms with Gasteiger partial charge in [0.25, 0.3) is 0 Å². The summed E-state index contributed by atoms with van der Waals surface area (Å²) in [5.41, 5.74) is 2.48. The van der Waals surface area contributed by atoms with Gasteiger partial charge in [0.1, 0.15) is 5.82 Å². The summed E-state index contributed by atoms with van der Waals surface area (Å²) in [5, 5.41) is 2.73. The zero-order valence-corrected chi connectivity index (χ0v) is 13.7. The molecule has 0 saturated heterocycles. The minimum atomic E-state index is -0.504. The van der Waals surface area contributed by atoms with Crippen LogP contribution in [0.2, 0.25) is 0 Å². The molecule has 0 saturated carbocycles. The van der Waals surface area contributed by atoms with Gasteiger partial charge in [-0.2, -0.15) is 0 Å². The van der Waals surface area contributed by atoms with E-state index in [-0.39, 0.29) is 0 Å². The zero-order chi connectivity index (χ0) is 16.2. The van der Waals surface area contributed by atoms with Crippen molar-refractivity contribution in [3.63, 3.8) is 0 Å². The Hall–Kier alpha value is -2.47. The number of imidazole rings is 1. The number of para-hydroxylation sites is 2. The van der Waals surface area contributed by atoms with Crippen molar-refractivity contribution in [1.29, 1.82) is 0 Å². The lowest BCUT2D eigenvalue weighted by atomic mass is 10.3. The first-order valence-corrected chi connectivity index (χ1v) is 8.44. The van der Waals surface area contributed by atoms with Crippen molar-refractivity contribution in [1.82, 2.24) is 9.97 Å². The monoisotopic (exact) mass is 327 g/mol. The minimum absolute atomic E-state index is 0.467. The van der Waals surface area contributed by atoms with Crippen LogP contribution in [0.5, 0.6) is 0 Å². The van der Waals surface area contributed by atoms with Gasteiger partial charge in [0.05, 0.1) is 11.0 Å². The maximum Gasteiger partial charge on any atom is 0.412 e. The summed E-state index contributed by atoms with van der Waals surface area (Å²) in [4.78, 5) is 20.7. The van der Waals surface area contributed by atoms with Crippen molar-refractivity contribution in [2.45, 2.75) is 17.9 Å². The average Bonchev–Trinajstić information content (AvgIpc) is 2.99. The molecule has 0 aliphatic carbocycles. The Bertz CT molecular complexity index is 798. The lowest BCUT2D eigenvalue weighted by Crippen LogP contribution is -2.16. The second kappa shape index (κ2) is 6.75. The Labute approximate surface area is 138 Å². The number of benzene rings is 2. The summed E-state index contributed by atoms with van der Waals surface area (Å²) >= 11 is 1.62. The number of nitrogens with zero attached hydrogens (tertiary/aromatic N) is 1. The van der Waals surface area contributed by atoms with E-state index in [2.05, 4.69) is 15.3 Å². The molecule has 1 unspecified atom stereocenters. The molecule has 2 N–H and O–H groups in total. The highest BCUT2D eigenvalue weighted by Crippen LogP contribution is 2.21. The molecular formula is C17H17N3O2S. The van der Waals surface area contributed by atoms with Crippen LogP contribution in [0, 0.1) is 0 Å². The highest BCUT2D eigenvalue weighted by molar-refractivity contribution is 7.98. The first-order valence-electron chi connectivity index (χ1n) is 7.22. The van der Waals surface area contributed by atoms with Gasteiger partial charge in [0.15, 0.2) is 6.10 Å². The maximum absolute atomic E-state index is 12.0. The van der Waals surface area contributed by atoms with E-state index < -0.39 is 12.2 Å². The Kier molecular flexibility index (Phi) is 4.52. The third kappa shape index (κ3) is 3.65. The van der Waals surface area contributed by atoms with Crippen LogP contribution >= 0.6 is 11.8 Å². The third-order valence-corrected chi connectivity index (χ3v) is 4.12. The molecule has 23 heavy (non-hydrogen) atoms. The van der Waals surface area contributed by atoms with Gasteiger partial charge >= 0.3 is 6.09 Å². The van der Waals surface area contributed by atoms with E-state index in [9.17, 15) is 4.79 Å². The fourth-order valence-corrected chi connectivity index (χ4v) is 2.69. The predicted octanol–water partition coefficient (Wildman–Crippen LogP) is 4.59. The van der Waals surface area contributed by atoms with Crippen molar-refractivity contribution >= 4 is 34.6 Å². The number of anilines is 1. The summed E-state index contributed by atoms with van der Waals surface area (Å²) in [7, 11) is 0. The van der Waals surface area contributed by atoms with Crippen LogP contribution < -0.4 is 5.32 Å². The first-order chi connectivity index (χ1) is 11.2. The number of rotatable bonds is 4. The number of fused-ring (bicyclic) bond motifs is 1. The Balaban J connectivity index is 1.66. The molecule has 1 aromatic heterocycles. The molecule has 0 radical (unpaired) electrons. The fraction of sp³-hybridized carbons (Fsp3) is 0.176. The van der Waals surface area contributed by atoms with Gasteiger partial charge in [-0.05, 0) is 43.5 Å². The SMILES string of the molecule is CSc1cccc(NC(=O)OC(C)c2nc3ccccc3[nH]2)c1.